The van der Waals surface area contributed by atoms with Crippen LogP contribution in [-0.4, -0.2) is 43.9 Å². The number of sulfonamides is 1. The highest BCUT2D eigenvalue weighted by atomic mass is 79.9. The van der Waals surface area contributed by atoms with Crippen molar-refractivity contribution in [2.45, 2.75) is 24.8 Å². The summed E-state index contributed by atoms with van der Waals surface area (Å²) < 4.78 is 31.8. The van der Waals surface area contributed by atoms with Crippen molar-refractivity contribution in [2.24, 2.45) is 0 Å². The van der Waals surface area contributed by atoms with Gasteiger partial charge in [-0.2, -0.15) is 4.31 Å². The smallest absolute Gasteiger partial charge is 0.243 e. The Balaban J connectivity index is 2.81. The Hall–Kier alpha value is -0.430. The van der Waals surface area contributed by atoms with Crippen LogP contribution in [0.5, 0.6) is 0 Å². The van der Waals surface area contributed by atoms with Gasteiger partial charge in [-0.05, 0) is 26.0 Å². The molecule has 0 unspecified atom stereocenters. The second-order valence-electron chi connectivity index (χ2n) is 4.32. The van der Waals surface area contributed by atoms with E-state index in [1.165, 1.54) is 4.31 Å². The molecule has 0 radical (unpaired) electrons. The molecule has 0 bridgehead atoms. The summed E-state index contributed by atoms with van der Waals surface area (Å²) in [6, 6.07) is 8.39. The number of ether oxygens (including phenoxy) is 1. The molecule has 0 amide bonds. The van der Waals surface area contributed by atoms with Crippen LogP contribution in [0.1, 0.15) is 13.8 Å². The van der Waals surface area contributed by atoms with Gasteiger partial charge in [0.15, 0.2) is 0 Å². The molecule has 0 N–H and O–H groups in total. The fourth-order valence-electron chi connectivity index (χ4n) is 1.69. The molecule has 0 saturated carbocycles. The van der Waals surface area contributed by atoms with E-state index in [9.17, 15) is 8.42 Å². The van der Waals surface area contributed by atoms with Crippen molar-refractivity contribution in [3.63, 3.8) is 0 Å². The fraction of sp³-hybridized carbons (Fsp3) is 0.538. The molecule has 1 aromatic rings. The Bertz CT molecular complexity index is 462. The Morgan fingerprint density at radius 3 is 2.37 bits per heavy atom. The molecule has 0 aromatic heterocycles. The normalized spacial score (nSPS) is 12.3. The molecule has 108 valence electrons. The van der Waals surface area contributed by atoms with E-state index in [1.807, 2.05) is 13.8 Å². The zero-order chi connectivity index (χ0) is 14.3. The second-order valence-corrected chi connectivity index (χ2v) is 7.01. The van der Waals surface area contributed by atoms with Crippen LogP contribution in [0.2, 0.25) is 0 Å². The first-order chi connectivity index (χ1) is 9.00. The quantitative estimate of drug-likeness (QED) is 0.535. The minimum Gasteiger partial charge on any atom is -0.379 e. The van der Waals surface area contributed by atoms with Crippen LogP contribution in [0.15, 0.2) is 35.2 Å². The molecular weight excluding hydrogens is 330 g/mol. The van der Waals surface area contributed by atoms with Crippen LogP contribution in [0.3, 0.4) is 0 Å². The Morgan fingerprint density at radius 2 is 1.84 bits per heavy atom. The van der Waals surface area contributed by atoms with E-state index in [4.69, 9.17) is 4.74 Å². The third kappa shape index (κ3) is 4.87. The zero-order valence-electron chi connectivity index (χ0n) is 11.3. The summed E-state index contributed by atoms with van der Waals surface area (Å²) in [4.78, 5) is 0.323. The fourth-order valence-corrected chi connectivity index (χ4v) is 3.57. The first-order valence-corrected chi connectivity index (χ1v) is 8.77. The third-order valence-electron chi connectivity index (χ3n) is 2.60. The minimum absolute atomic E-state index is 0.0993. The van der Waals surface area contributed by atoms with Gasteiger partial charge in [0.05, 0.1) is 18.1 Å². The van der Waals surface area contributed by atoms with Crippen molar-refractivity contribution in [1.29, 1.82) is 0 Å². The summed E-state index contributed by atoms with van der Waals surface area (Å²) in [6.07, 6.45) is 0. The van der Waals surface area contributed by atoms with Crippen LogP contribution in [0, 0.1) is 0 Å². The third-order valence-corrected chi connectivity index (χ3v) is 5.02. The lowest BCUT2D eigenvalue weighted by Gasteiger charge is -2.25. The summed E-state index contributed by atoms with van der Waals surface area (Å²) >= 11 is 3.26. The molecule has 6 heteroatoms. The van der Waals surface area contributed by atoms with E-state index in [-0.39, 0.29) is 6.04 Å². The van der Waals surface area contributed by atoms with Crippen molar-refractivity contribution in [3.05, 3.63) is 30.3 Å². The summed E-state index contributed by atoms with van der Waals surface area (Å²) in [5.74, 6) is 0. The lowest BCUT2D eigenvalue weighted by atomic mass is 10.4. The lowest BCUT2D eigenvalue weighted by molar-refractivity contribution is 0.132. The molecule has 0 atom stereocenters. The van der Waals surface area contributed by atoms with Crippen molar-refractivity contribution < 1.29 is 13.2 Å². The van der Waals surface area contributed by atoms with E-state index >= 15 is 0 Å². The van der Waals surface area contributed by atoms with Crippen LogP contribution in [0.4, 0.5) is 0 Å². The van der Waals surface area contributed by atoms with Crippen molar-refractivity contribution >= 4 is 26.0 Å². The number of halogens is 1. The average Bonchev–Trinajstić information content (AvgIpc) is 2.39. The average molecular weight is 350 g/mol. The Morgan fingerprint density at radius 1 is 1.21 bits per heavy atom. The van der Waals surface area contributed by atoms with Gasteiger partial charge >= 0.3 is 0 Å². The minimum atomic E-state index is -3.45. The van der Waals surface area contributed by atoms with E-state index < -0.39 is 10.0 Å². The van der Waals surface area contributed by atoms with Gasteiger partial charge in [0.2, 0.25) is 10.0 Å². The van der Waals surface area contributed by atoms with Crippen LogP contribution in [-0.2, 0) is 14.8 Å². The van der Waals surface area contributed by atoms with Gasteiger partial charge in [0, 0.05) is 17.9 Å². The summed E-state index contributed by atoms with van der Waals surface area (Å²) in [5.41, 5.74) is 0. The molecule has 0 fully saturated rings. The molecule has 1 aromatic carbocycles. The van der Waals surface area contributed by atoms with E-state index in [1.54, 1.807) is 30.3 Å². The van der Waals surface area contributed by atoms with Gasteiger partial charge < -0.3 is 4.74 Å². The largest absolute Gasteiger partial charge is 0.379 e. The van der Waals surface area contributed by atoms with Gasteiger partial charge in [-0.3, -0.25) is 0 Å². The Kier molecular flexibility index (Phi) is 6.99. The van der Waals surface area contributed by atoms with E-state index in [2.05, 4.69) is 15.9 Å². The van der Waals surface area contributed by atoms with Gasteiger partial charge in [0.1, 0.15) is 0 Å². The predicted octanol–water partition coefficient (Wildman–Crippen LogP) is 2.50. The number of alkyl halides is 1. The molecule has 0 aliphatic rings. The standard InChI is InChI=1S/C13H20BrNO3S/c1-12(2)15(9-11-18-10-8-14)19(16,17)13-6-4-3-5-7-13/h3-7,12H,8-11H2,1-2H3. The maximum atomic E-state index is 12.5. The number of hydrogen-bond acceptors (Lipinski definition) is 3. The molecule has 0 saturated heterocycles. The second kappa shape index (κ2) is 7.99. The number of hydrogen-bond donors (Lipinski definition) is 0. The van der Waals surface area contributed by atoms with Gasteiger partial charge in [-0.25, -0.2) is 8.42 Å². The number of benzene rings is 1. The molecule has 19 heavy (non-hydrogen) atoms. The molecule has 1 rings (SSSR count). The highest BCUT2D eigenvalue weighted by Gasteiger charge is 2.26. The molecular formula is C13H20BrNO3S. The van der Waals surface area contributed by atoms with Crippen molar-refractivity contribution in [3.8, 4) is 0 Å². The number of rotatable bonds is 8. The van der Waals surface area contributed by atoms with Gasteiger partial charge in [-0.1, -0.05) is 34.1 Å². The summed E-state index contributed by atoms with van der Waals surface area (Å²) in [5, 5.41) is 0.750. The van der Waals surface area contributed by atoms with Crippen LogP contribution < -0.4 is 0 Å². The topological polar surface area (TPSA) is 46.6 Å². The Labute approximate surface area is 123 Å². The van der Waals surface area contributed by atoms with E-state index in [0.29, 0.717) is 24.7 Å². The monoisotopic (exact) mass is 349 g/mol. The molecule has 4 nitrogen and oxygen atoms in total. The highest BCUT2D eigenvalue weighted by molar-refractivity contribution is 9.09. The lowest BCUT2D eigenvalue weighted by Crippen LogP contribution is -2.39. The molecule has 0 aliphatic carbocycles. The summed E-state index contributed by atoms with van der Waals surface area (Å²) in [6.45, 7) is 5.07. The zero-order valence-corrected chi connectivity index (χ0v) is 13.7. The SMILES string of the molecule is CC(C)N(CCOCCBr)S(=O)(=O)c1ccccc1. The van der Waals surface area contributed by atoms with Gasteiger partial charge in [-0.15, -0.1) is 0 Å². The first kappa shape index (κ1) is 16.6. The molecule has 0 spiro atoms. The molecule has 0 heterocycles. The van der Waals surface area contributed by atoms with Crippen LogP contribution >= 0.6 is 15.9 Å². The number of nitrogens with zero attached hydrogens (tertiary/aromatic N) is 1. The molecule has 0 aliphatic heterocycles. The van der Waals surface area contributed by atoms with Crippen molar-refractivity contribution in [2.75, 3.05) is 25.1 Å². The van der Waals surface area contributed by atoms with Gasteiger partial charge in [0.25, 0.3) is 0 Å². The predicted molar refractivity (Wildman–Crippen MR) is 80.1 cm³/mol. The van der Waals surface area contributed by atoms with Crippen LogP contribution in [0.25, 0.3) is 0 Å². The maximum absolute atomic E-state index is 12.5. The maximum Gasteiger partial charge on any atom is 0.243 e. The first-order valence-electron chi connectivity index (χ1n) is 6.20. The highest BCUT2D eigenvalue weighted by Crippen LogP contribution is 2.17. The van der Waals surface area contributed by atoms with Crippen molar-refractivity contribution in [1.82, 2.24) is 4.31 Å². The summed E-state index contributed by atoms with van der Waals surface area (Å²) in [7, 11) is -3.45. The van der Waals surface area contributed by atoms with E-state index in [0.717, 1.165) is 5.33 Å².